The monoisotopic (exact) mass is 301 g/mol. The van der Waals surface area contributed by atoms with Crippen LogP contribution in [-0.2, 0) is 6.54 Å². The lowest BCUT2D eigenvalue weighted by molar-refractivity contribution is 1.07. The van der Waals surface area contributed by atoms with Gasteiger partial charge < -0.3 is 10.1 Å². The number of fused-ring (bicyclic) bond motifs is 1. The molecule has 0 spiro atoms. The minimum Gasteiger partial charge on any atom is -0.326 e. The van der Waals surface area contributed by atoms with Crippen molar-refractivity contribution in [3.63, 3.8) is 0 Å². The maximum Gasteiger partial charge on any atom is 0.137 e. The molecule has 0 amide bonds. The number of hydrogen-bond acceptors (Lipinski definition) is 2. The van der Waals surface area contributed by atoms with Gasteiger partial charge in [0.05, 0.1) is 5.69 Å². The van der Waals surface area contributed by atoms with Crippen molar-refractivity contribution in [2.24, 2.45) is 5.73 Å². The van der Waals surface area contributed by atoms with Crippen molar-refractivity contribution in [1.29, 1.82) is 0 Å². The molecule has 0 fully saturated rings. The number of hydrogen-bond donors (Lipinski definition) is 1. The Bertz CT molecular complexity index is 686. The Balaban J connectivity index is 2.07. The molecule has 18 heavy (non-hydrogen) atoms. The molecule has 0 atom stereocenters. The number of halogens is 1. The van der Waals surface area contributed by atoms with Crippen LogP contribution in [0.3, 0.4) is 0 Å². The lowest BCUT2D eigenvalue weighted by Gasteiger charge is -1.98. The van der Waals surface area contributed by atoms with Crippen LogP contribution in [0.4, 0.5) is 0 Å². The second-order valence-electron chi connectivity index (χ2n) is 4.14. The van der Waals surface area contributed by atoms with Gasteiger partial charge in [-0.3, -0.25) is 0 Å². The molecular weight excluding hydrogens is 290 g/mol. The van der Waals surface area contributed by atoms with Crippen LogP contribution in [0, 0.1) is 0 Å². The van der Waals surface area contributed by atoms with Crippen LogP contribution in [0.5, 0.6) is 0 Å². The van der Waals surface area contributed by atoms with Crippen LogP contribution in [-0.4, -0.2) is 9.38 Å². The van der Waals surface area contributed by atoms with Crippen molar-refractivity contribution < 1.29 is 0 Å². The molecule has 2 heterocycles. The molecule has 0 bridgehead atoms. The van der Waals surface area contributed by atoms with Crippen molar-refractivity contribution in [2.75, 3.05) is 0 Å². The number of aromatic nitrogens is 2. The molecule has 0 unspecified atom stereocenters. The third kappa shape index (κ3) is 2.05. The minimum absolute atomic E-state index is 0.568. The molecule has 0 aliphatic carbocycles. The summed E-state index contributed by atoms with van der Waals surface area (Å²) in [4.78, 5) is 4.59. The zero-order valence-corrected chi connectivity index (χ0v) is 11.3. The average Bonchev–Trinajstić information content (AvgIpc) is 2.81. The molecule has 3 aromatic rings. The van der Waals surface area contributed by atoms with Crippen molar-refractivity contribution in [3.8, 4) is 11.3 Å². The van der Waals surface area contributed by atoms with E-state index in [1.54, 1.807) is 0 Å². The van der Waals surface area contributed by atoms with Crippen molar-refractivity contribution >= 4 is 21.6 Å². The Labute approximate surface area is 113 Å². The van der Waals surface area contributed by atoms with E-state index >= 15 is 0 Å². The fourth-order valence-electron chi connectivity index (χ4n) is 1.92. The second kappa shape index (κ2) is 4.55. The first kappa shape index (κ1) is 11.4. The average molecular weight is 302 g/mol. The molecule has 0 aliphatic heterocycles. The lowest BCUT2D eigenvalue weighted by Crippen LogP contribution is -1.95. The predicted octanol–water partition coefficient (Wildman–Crippen LogP) is 3.22. The fourth-order valence-corrected chi connectivity index (χ4v) is 2.27. The summed E-state index contributed by atoms with van der Waals surface area (Å²) in [5.74, 6) is 0. The Kier molecular flexibility index (Phi) is 2.89. The van der Waals surface area contributed by atoms with Gasteiger partial charge in [-0.25, -0.2) is 4.98 Å². The highest BCUT2D eigenvalue weighted by atomic mass is 79.9. The Morgan fingerprint density at radius 3 is 2.56 bits per heavy atom. The first-order chi connectivity index (χ1) is 8.76. The number of benzene rings is 1. The van der Waals surface area contributed by atoms with Crippen LogP contribution in [0.25, 0.3) is 16.9 Å². The standard InChI is InChI=1S/C14H12BrN3/c15-12-5-6-14-17-13(9-18(14)8-12)11-3-1-10(7-16)2-4-11/h1-6,8-9H,7,16H2. The van der Waals surface area contributed by atoms with Crippen molar-refractivity contribution in [3.05, 3.63) is 58.8 Å². The SMILES string of the molecule is NCc1ccc(-c2cn3cc(Br)ccc3n2)cc1. The quantitative estimate of drug-likeness (QED) is 0.790. The topological polar surface area (TPSA) is 43.3 Å². The van der Waals surface area contributed by atoms with E-state index in [0.717, 1.165) is 26.9 Å². The smallest absolute Gasteiger partial charge is 0.137 e. The molecule has 4 heteroatoms. The molecule has 0 saturated heterocycles. The Morgan fingerprint density at radius 1 is 1.06 bits per heavy atom. The number of nitrogens with zero attached hydrogens (tertiary/aromatic N) is 2. The van der Waals surface area contributed by atoms with E-state index in [0.29, 0.717) is 6.54 Å². The highest BCUT2D eigenvalue weighted by Gasteiger charge is 2.04. The first-order valence-electron chi connectivity index (χ1n) is 5.70. The van der Waals surface area contributed by atoms with Crippen LogP contribution in [0.2, 0.25) is 0 Å². The van der Waals surface area contributed by atoms with Gasteiger partial charge in [-0.1, -0.05) is 24.3 Å². The molecule has 0 saturated carbocycles. The van der Waals surface area contributed by atoms with Crippen molar-refractivity contribution in [1.82, 2.24) is 9.38 Å². The first-order valence-corrected chi connectivity index (χ1v) is 6.49. The van der Waals surface area contributed by atoms with Gasteiger partial charge in [0, 0.05) is 29.0 Å². The summed E-state index contributed by atoms with van der Waals surface area (Å²) >= 11 is 3.45. The van der Waals surface area contributed by atoms with E-state index < -0.39 is 0 Å². The van der Waals surface area contributed by atoms with E-state index in [2.05, 4.69) is 33.0 Å². The van der Waals surface area contributed by atoms with Crippen LogP contribution >= 0.6 is 15.9 Å². The summed E-state index contributed by atoms with van der Waals surface area (Å²) in [6.45, 7) is 0.568. The predicted molar refractivity (Wildman–Crippen MR) is 76.2 cm³/mol. The maximum absolute atomic E-state index is 5.59. The Hall–Kier alpha value is -1.65. The maximum atomic E-state index is 5.59. The highest BCUT2D eigenvalue weighted by molar-refractivity contribution is 9.10. The van der Waals surface area contributed by atoms with E-state index in [-0.39, 0.29) is 0 Å². The number of imidazole rings is 1. The largest absolute Gasteiger partial charge is 0.326 e. The zero-order valence-electron chi connectivity index (χ0n) is 9.68. The number of pyridine rings is 1. The molecule has 3 nitrogen and oxygen atoms in total. The molecule has 2 aromatic heterocycles. The minimum atomic E-state index is 0.568. The van der Waals surface area contributed by atoms with E-state index in [9.17, 15) is 0 Å². The zero-order chi connectivity index (χ0) is 12.5. The normalized spacial score (nSPS) is 11.0. The van der Waals surface area contributed by atoms with Gasteiger partial charge in [-0.05, 0) is 33.6 Å². The highest BCUT2D eigenvalue weighted by Crippen LogP contribution is 2.21. The molecule has 0 aliphatic rings. The van der Waals surface area contributed by atoms with Gasteiger partial charge >= 0.3 is 0 Å². The third-order valence-electron chi connectivity index (χ3n) is 2.90. The summed E-state index contributed by atoms with van der Waals surface area (Å²) in [5.41, 5.74) is 9.74. The fraction of sp³-hybridized carbons (Fsp3) is 0.0714. The molecular formula is C14H12BrN3. The van der Waals surface area contributed by atoms with Crippen LogP contribution < -0.4 is 5.73 Å². The third-order valence-corrected chi connectivity index (χ3v) is 3.37. The second-order valence-corrected chi connectivity index (χ2v) is 5.06. The Morgan fingerprint density at radius 2 is 1.83 bits per heavy atom. The number of nitrogens with two attached hydrogens (primary N) is 1. The van der Waals surface area contributed by atoms with Gasteiger partial charge in [0.1, 0.15) is 5.65 Å². The molecule has 0 radical (unpaired) electrons. The molecule has 2 N–H and O–H groups in total. The summed E-state index contributed by atoms with van der Waals surface area (Å²) in [6.07, 6.45) is 4.03. The van der Waals surface area contributed by atoms with Gasteiger partial charge in [0.15, 0.2) is 0 Å². The van der Waals surface area contributed by atoms with Crippen molar-refractivity contribution in [2.45, 2.75) is 6.54 Å². The van der Waals surface area contributed by atoms with Crippen LogP contribution in [0.1, 0.15) is 5.56 Å². The summed E-state index contributed by atoms with van der Waals surface area (Å²) in [5, 5.41) is 0. The summed E-state index contributed by atoms with van der Waals surface area (Å²) in [7, 11) is 0. The van der Waals surface area contributed by atoms with Gasteiger partial charge in [0.25, 0.3) is 0 Å². The lowest BCUT2D eigenvalue weighted by atomic mass is 10.1. The molecule has 1 aromatic carbocycles. The van der Waals surface area contributed by atoms with E-state index in [1.807, 2.05) is 41.1 Å². The van der Waals surface area contributed by atoms with Crippen LogP contribution in [0.15, 0.2) is 53.3 Å². The van der Waals surface area contributed by atoms with E-state index in [4.69, 9.17) is 5.73 Å². The molecule has 3 rings (SSSR count). The number of rotatable bonds is 2. The summed E-state index contributed by atoms with van der Waals surface area (Å²) in [6, 6.07) is 12.2. The van der Waals surface area contributed by atoms with Gasteiger partial charge in [-0.2, -0.15) is 0 Å². The van der Waals surface area contributed by atoms with E-state index in [1.165, 1.54) is 0 Å². The summed E-state index contributed by atoms with van der Waals surface area (Å²) < 4.78 is 3.05. The van der Waals surface area contributed by atoms with Gasteiger partial charge in [-0.15, -0.1) is 0 Å². The molecule has 90 valence electrons. The van der Waals surface area contributed by atoms with Gasteiger partial charge in [0.2, 0.25) is 0 Å².